The Hall–Kier alpha value is -1.64. The van der Waals surface area contributed by atoms with Gasteiger partial charge in [-0.3, -0.25) is 0 Å². The number of rotatable bonds is 2. The highest BCUT2D eigenvalue weighted by Crippen LogP contribution is 2.34. The summed E-state index contributed by atoms with van der Waals surface area (Å²) in [5.41, 5.74) is 11.1. The molecule has 3 rings (SSSR count). The van der Waals surface area contributed by atoms with E-state index in [4.69, 9.17) is 10.8 Å². The molecule has 1 aliphatic carbocycles. The third kappa shape index (κ3) is 5.19. The largest absolute Gasteiger partial charge is 0.392 e. The molecule has 3 N–H and O–H groups in total. The second kappa shape index (κ2) is 8.28. The maximum absolute atomic E-state index is 8.79. The van der Waals surface area contributed by atoms with Gasteiger partial charge < -0.3 is 10.8 Å². The van der Waals surface area contributed by atoms with Gasteiger partial charge in [-0.25, -0.2) is 0 Å². The molecule has 2 heteroatoms. The zero-order valence-corrected chi connectivity index (χ0v) is 14.4. The molecule has 2 aromatic carbocycles. The summed E-state index contributed by atoms with van der Waals surface area (Å²) < 4.78 is 0. The number of hydrogen-bond acceptors (Lipinski definition) is 2. The number of benzene rings is 2. The van der Waals surface area contributed by atoms with E-state index in [1.54, 1.807) is 0 Å². The zero-order chi connectivity index (χ0) is 16.7. The van der Waals surface area contributed by atoms with Crippen molar-refractivity contribution in [2.24, 2.45) is 5.73 Å². The van der Waals surface area contributed by atoms with Gasteiger partial charge in [0.25, 0.3) is 0 Å². The minimum atomic E-state index is -0.0283. The third-order valence-corrected chi connectivity index (χ3v) is 4.56. The van der Waals surface area contributed by atoms with Gasteiger partial charge in [0, 0.05) is 5.54 Å². The van der Waals surface area contributed by atoms with Crippen LogP contribution >= 0.6 is 0 Å². The van der Waals surface area contributed by atoms with Crippen LogP contribution < -0.4 is 5.73 Å². The number of aliphatic hydroxyl groups excluding tert-OH is 1. The Bertz CT molecular complexity index is 580. The number of hydrogen-bond donors (Lipinski definition) is 2. The van der Waals surface area contributed by atoms with E-state index in [1.807, 2.05) is 26.0 Å². The van der Waals surface area contributed by atoms with Crippen molar-refractivity contribution >= 4 is 0 Å². The van der Waals surface area contributed by atoms with Crippen LogP contribution in [0.3, 0.4) is 0 Å². The van der Waals surface area contributed by atoms with Gasteiger partial charge in [-0.15, -0.1) is 0 Å². The minimum absolute atomic E-state index is 0.0283. The summed E-state index contributed by atoms with van der Waals surface area (Å²) in [5.74, 6) is 0. The molecule has 0 amide bonds. The molecule has 0 heterocycles. The molecule has 0 aliphatic heterocycles. The van der Waals surface area contributed by atoms with E-state index in [2.05, 4.69) is 36.4 Å². The van der Waals surface area contributed by atoms with E-state index in [-0.39, 0.29) is 12.1 Å². The maximum atomic E-state index is 8.79. The van der Waals surface area contributed by atoms with E-state index in [0.29, 0.717) is 0 Å². The Kier molecular flexibility index (Phi) is 6.37. The van der Waals surface area contributed by atoms with Crippen LogP contribution in [0.15, 0.2) is 48.5 Å². The molecule has 124 valence electrons. The Morgan fingerprint density at radius 1 is 0.913 bits per heavy atom. The first kappa shape index (κ1) is 17.7. The lowest BCUT2D eigenvalue weighted by atomic mass is 9.77. The van der Waals surface area contributed by atoms with Crippen molar-refractivity contribution < 1.29 is 5.11 Å². The van der Waals surface area contributed by atoms with Crippen LogP contribution in [-0.4, -0.2) is 5.11 Å². The molecule has 2 nitrogen and oxygen atoms in total. The number of aliphatic hydroxyl groups is 1. The van der Waals surface area contributed by atoms with Crippen molar-refractivity contribution in [2.75, 3.05) is 0 Å². The van der Waals surface area contributed by atoms with Gasteiger partial charge in [0.2, 0.25) is 0 Å². The second-order valence-corrected chi connectivity index (χ2v) is 6.74. The first-order valence-electron chi connectivity index (χ1n) is 8.56. The van der Waals surface area contributed by atoms with E-state index in [0.717, 1.165) is 18.4 Å². The van der Waals surface area contributed by atoms with E-state index in [1.165, 1.54) is 36.0 Å². The quantitative estimate of drug-likeness (QED) is 0.851. The molecule has 2 aromatic rings. The summed E-state index contributed by atoms with van der Waals surface area (Å²) in [7, 11) is 0. The molecule has 0 atom stereocenters. The summed E-state index contributed by atoms with van der Waals surface area (Å²) in [6, 6.07) is 16.6. The van der Waals surface area contributed by atoms with Gasteiger partial charge in [-0.05, 0) is 37.8 Å². The van der Waals surface area contributed by atoms with Crippen molar-refractivity contribution in [3.63, 3.8) is 0 Å². The fourth-order valence-corrected chi connectivity index (χ4v) is 3.40. The van der Waals surface area contributed by atoms with Crippen LogP contribution in [0, 0.1) is 13.8 Å². The molecule has 0 spiro atoms. The van der Waals surface area contributed by atoms with Gasteiger partial charge >= 0.3 is 0 Å². The van der Waals surface area contributed by atoms with Crippen LogP contribution in [-0.2, 0) is 12.1 Å². The molecular formula is C21H29NO. The molecule has 0 unspecified atom stereocenters. The van der Waals surface area contributed by atoms with E-state index < -0.39 is 0 Å². The van der Waals surface area contributed by atoms with E-state index in [9.17, 15) is 0 Å². The maximum Gasteiger partial charge on any atom is 0.0682 e. The summed E-state index contributed by atoms with van der Waals surface area (Å²) in [4.78, 5) is 0. The lowest BCUT2D eigenvalue weighted by Gasteiger charge is -2.33. The Balaban J connectivity index is 0.000000174. The fourth-order valence-electron chi connectivity index (χ4n) is 3.40. The fraction of sp³-hybridized carbons (Fsp3) is 0.429. The molecule has 1 fully saturated rings. The van der Waals surface area contributed by atoms with Crippen molar-refractivity contribution in [3.8, 4) is 0 Å². The normalized spacial score (nSPS) is 16.3. The van der Waals surface area contributed by atoms with Gasteiger partial charge in [0.05, 0.1) is 6.61 Å². The second-order valence-electron chi connectivity index (χ2n) is 6.74. The van der Waals surface area contributed by atoms with Crippen LogP contribution in [0.25, 0.3) is 0 Å². The smallest absolute Gasteiger partial charge is 0.0682 e. The molecule has 0 aromatic heterocycles. The summed E-state index contributed by atoms with van der Waals surface area (Å²) in [5, 5.41) is 8.79. The standard InChI is InChI=1S/C12H17N.C9H12O/c13-12(9-5-2-6-10-12)11-7-3-1-4-8-11;1-7-3-8(2)5-9(4-7)6-10/h1,3-4,7-8H,2,5-6,9-10,13H2;3-5,10H,6H2,1-2H3. The summed E-state index contributed by atoms with van der Waals surface area (Å²) in [6.07, 6.45) is 6.22. The van der Waals surface area contributed by atoms with Crippen LogP contribution in [0.2, 0.25) is 0 Å². The van der Waals surface area contributed by atoms with Crippen molar-refractivity contribution in [1.82, 2.24) is 0 Å². The van der Waals surface area contributed by atoms with Crippen molar-refractivity contribution in [1.29, 1.82) is 0 Å². The summed E-state index contributed by atoms with van der Waals surface area (Å²) >= 11 is 0. The molecule has 1 aliphatic rings. The topological polar surface area (TPSA) is 46.2 Å². The van der Waals surface area contributed by atoms with Crippen molar-refractivity contribution in [3.05, 3.63) is 70.8 Å². The minimum Gasteiger partial charge on any atom is -0.392 e. The van der Waals surface area contributed by atoms with Crippen LogP contribution in [0.4, 0.5) is 0 Å². The highest BCUT2D eigenvalue weighted by Gasteiger charge is 2.28. The Morgan fingerprint density at radius 2 is 1.48 bits per heavy atom. The molecule has 0 bridgehead atoms. The molecule has 0 radical (unpaired) electrons. The third-order valence-electron chi connectivity index (χ3n) is 4.56. The predicted molar refractivity (Wildman–Crippen MR) is 97.2 cm³/mol. The first-order valence-corrected chi connectivity index (χ1v) is 8.56. The number of aryl methyl sites for hydroxylation is 2. The molecular weight excluding hydrogens is 282 g/mol. The SMILES string of the molecule is Cc1cc(C)cc(CO)c1.NC1(c2ccccc2)CCCCC1. The van der Waals surface area contributed by atoms with Gasteiger partial charge in [0.1, 0.15) is 0 Å². The van der Waals surface area contributed by atoms with Crippen LogP contribution in [0.5, 0.6) is 0 Å². The van der Waals surface area contributed by atoms with Crippen LogP contribution in [0.1, 0.15) is 54.4 Å². The number of nitrogens with two attached hydrogens (primary N) is 1. The van der Waals surface area contributed by atoms with Gasteiger partial charge in [-0.1, -0.05) is 78.9 Å². The molecule has 0 saturated heterocycles. The predicted octanol–water partition coefficient (Wildman–Crippen LogP) is 4.60. The lowest BCUT2D eigenvalue weighted by molar-refractivity contribution is 0.281. The zero-order valence-electron chi connectivity index (χ0n) is 14.4. The molecule has 23 heavy (non-hydrogen) atoms. The average molecular weight is 311 g/mol. The van der Waals surface area contributed by atoms with Gasteiger partial charge in [0.15, 0.2) is 0 Å². The Morgan fingerprint density at radius 3 is 2.00 bits per heavy atom. The molecule has 1 saturated carbocycles. The highest BCUT2D eigenvalue weighted by molar-refractivity contribution is 5.27. The Labute approximate surface area is 140 Å². The lowest BCUT2D eigenvalue weighted by Crippen LogP contribution is -2.38. The van der Waals surface area contributed by atoms with Gasteiger partial charge in [-0.2, -0.15) is 0 Å². The summed E-state index contributed by atoms with van der Waals surface area (Å²) in [6.45, 7) is 4.21. The first-order chi connectivity index (χ1) is 11.0. The van der Waals surface area contributed by atoms with E-state index >= 15 is 0 Å². The van der Waals surface area contributed by atoms with Crippen molar-refractivity contribution in [2.45, 2.75) is 58.1 Å². The average Bonchev–Trinajstić information content (AvgIpc) is 2.56. The highest BCUT2D eigenvalue weighted by atomic mass is 16.3. The monoisotopic (exact) mass is 311 g/mol.